The molecule has 2 rings (SSSR count). The van der Waals surface area contributed by atoms with Gasteiger partial charge < -0.3 is 15.1 Å². The van der Waals surface area contributed by atoms with Crippen LogP contribution in [0.3, 0.4) is 0 Å². The maximum atomic E-state index is 12.2. The lowest BCUT2D eigenvalue weighted by Gasteiger charge is -2.32. The number of nitrogens with one attached hydrogen (secondary N) is 4. The second-order valence-corrected chi connectivity index (χ2v) is 7.26. The van der Waals surface area contributed by atoms with Crippen LogP contribution in [0.1, 0.15) is 26.3 Å². The highest BCUT2D eigenvalue weighted by Gasteiger charge is 2.31. The molecule has 1 aromatic carbocycles. The molecule has 26 heavy (non-hydrogen) atoms. The highest BCUT2D eigenvalue weighted by Crippen LogP contribution is 1.99. The Morgan fingerprint density at radius 1 is 1.08 bits per heavy atom. The van der Waals surface area contributed by atoms with Gasteiger partial charge in [0.25, 0.3) is 5.91 Å². The van der Waals surface area contributed by atoms with Crippen LogP contribution in [-0.4, -0.2) is 56.7 Å². The van der Waals surface area contributed by atoms with Crippen molar-refractivity contribution in [2.75, 3.05) is 32.7 Å². The normalized spacial score (nSPS) is 21.5. The van der Waals surface area contributed by atoms with Crippen LogP contribution in [0.4, 0.5) is 4.79 Å². The van der Waals surface area contributed by atoms with Gasteiger partial charge in [0.15, 0.2) is 6.04 Å². The van der Waals surface area contributed by atoms with E-state index in [1.165, 1.54) is 15.4 Å². The third kappa shape index (κ3) is 6.61. The smallest absolute Gasteiger partial charge is 0.321 e. The lowest BCUT2D eigenvalue weighted by Crippen LogP contribution is -3.30. The molecule has 0 spiro atoms. The number of rotatable bonds is 6. The summed E-state index contributed by atoms with van der Waals surface area (Å²) in [5.74, 6) is -0.203. The molecular formula is C20H32N4O2+2. The van der Waals surface area contributed by atoms with E-state index in [2.05, 4.69) is 34.9 Å². The molecule has 0 aliphatic carbocycles. The minimum atomic E-state index is -0.411. The topological polar surface area (TPSA) is 67.1 Å². The van der Waals surface area contributed by atoms with Gasteiger partial charge in [-0.15, -0.1) is 0 Å². The minimum absolute atomic E-state index is 0.0153. The molecule has 1 aliphatic rings. The third-order valence-corrected chi connectivity index (χ3v) is 4.78. The molecule has 1 heterocycles. The van der Waals surface area contributed by atoms with Crippen molar-refractivity contribution in [2.24, 2.45) is 0 Å². The summed E-state index contributed by atoms with van der Waals surface area (Å²) in [5.41, 5.74) is 1.22. The summed E-state index contributed by atoms with van der Waals surface area (Å²) < 4.78 is 0. The molecule has 1 atom stereocenters. The van der Waals surface area contributed by atoms with Crippen molar-refractivity contribution >= 4 is 18.0 Å². The SMILES string of the molecule is CC(C)NC(=O)NC(=O)[C@H](C)[NH+]1CC[NH+](C/C=C/c2ccccc2)CC1. The van der Waals surface area contributed by atoms with Gasteiger partial charge in [0.1, 0.15) is 26.2 Å². The van der Waals surface area contributed by atoms with Gasteiger partial charge in [0.05, 0.1) is 6.54 Å². The second-order valence-electron chi connectivity index (χ2n) is 7.26. The summed E-state index contributed by atoms with van der Waals surface area (Å²) in [4.78, 5) is 26.7. The Kier molecular flexibility index (Phi) is 7.81. The van der Waals surface area contributed by atoms with E-state index < -0.39 is 6.03 Å². The predicted molar refractivity (Wildman–Crippen MR) is 103 cm³/mol. The number of hydrogen-bond donors (Lipinski definition) is 4. The molecule has 3 amide bonds. The summed E-state index contributed by atoms with van der Waals surface area (Å²) in [6.45, 7) is 10.6. The zero-order valence-electron chi connectivity index (χ0n) is 16.0. The number of hydrogen-bond acceptors (Lipinski definition) is 2. The van der Waals surface area contributed by atoms with Crippen molar-refractivity contribution in [3.05, 3.63) is 42.0 Å². The van der Waals surface area contributed by atoms with Crippen LogP contribution >= 0.6 is 0 Å². The summed E-state index contributed by atoms with van der Waals surface area (Å²) >= 11 is 0. The van der Waals surface area contributed by atoms with E-state index >= 15 is 0 Å². The van der Waals surface area contributed by atoms with Gasteiger partial charge in [-0.25, -0.2) is 4.79 Å². The second kappa shape index (κ2) is 10.1. The Bertz CT molecular complexity index is 607. The molecule has 1 fully saturated rings. The van der Waals surface area contributed by atoms with Gasteiger partial charge in [-0.2, -0.15) is 0 Å². The Hall–Kier alpha value is -2.18. The van der Waals surface area contributed by atoms with Crippen molar-refractivity contribution in [2.45, 2.75) is 32.9 Å². The molecular weight excluding hydrogens is 328 g/mol. The van der Waals surface area contributed by atoms with Crippen molar-refractivity contribution < 1.29 is 19.4 Å². The van der Waals surface area contributed by atoms with Gasteiger partial charge in [-0.1, -0.05) is 36.4 Å². The first-order valence-electron chi connectivity index (χ1n) is 9.47. The molecule has 0 aromatic heterocycles. The van der Waals surface area contributed by atoms with E-state index in [4.69, 9.17) is 0 Å². The Balaban J connectivity index is 1.72. The number of quaternary nitrogens is 2. The van der Waals surface area contributed by atoms with Crippen LogP contribution in [-0.2, 0) is 4.79 Å². The largest absolute Gasteiger partial charge is 0.336 e. The standard InChI is InChI=1S/C20H30N4O2/c1-16(2)21-20(26)22-19(25)17(3)24-14-12-23(13-15-24)11-7-10-18-8-5-4-6-9-18/h4-10,16-17H,11-15H2,1-3H3,(H2,21,22,25,26)/p+2/b10-7+/t17-/m0/s1. The molecule has 6 heteroatoms. The van der Waals surface area contributed by atoms with Crippen molar-refractivity contribution in [1.29, 1.82) is 0 Å². The average Bonchev–Trinajstić information content (AvgIpc) is 2.62. The lowest BCUT2D eigenvalue weighted by atomic mass is 10.2. The fourth-order valence-corrected chi connectivity index (χ4v) is 3.19. The number of urea groups is 1. The van der Waals surface area contributed by atoms with Crippen LogP contribution in [0, 0.1) is 0 Å². The van der Waals surface area contributed by atoms with Gasteiger partial charge >= 0.3 is 6.03 Å². The molecule has 0 saturated carbocycles. The highest BCUT2D eigenvalue weighted by atomic mass is 16.2. The first-order chi connectivity index (χ1) is 12.5. The van der Waals surface area contributed by atoms with E-state index in [1.54, 1.807) is 0 Å². The predicted octanol–water partition coefficient (Wildman–Crippen LogP) is -0.894. The first-order valence-corrected chi connectivity index (χ1v) is 9.47. The van der Waals surface area contributed by atoms with Crippen molar-refractivity contribution in [3.63, 3.8) is 0 Å². The molecule has 4 N–H and O–H groups in total. The molecule has 6 nitrogen and oxygen atoms in total. The van der Waals surface area contributed by atoms with E-state index in [0.29, 0.717) is 0 Å². The van der Waals surface area contributed by atoms with Gasteiger partial charge in [-0.3, -0.25) is 10.1 Å². The Morgan fingerprint density at radius 2 is 1.73 bits per heavy atom. The maximum Gasteiger partial charge on any atom is 0.321 e. The zero-order valence-corrected chi connectivity index (χ0v) is 16.0. The Morgan fingerprint density at radius 3 is 2.35 bits per heavy atom. The van der Waals surface area contributed by atoms with Crippen LogP contribution < -0.4 is 20.4 Å². The third-order valence-electron chi connectivity index (χ3n) is 4.78. The van der Waals surface area contributed by atoms with E-state index in [-0.39, 0.29) is 18.0 Å². The molecule has 0 radical (unpaired) electrons. The molecule has 142 valence electrons. The average molecular weight is 361 g/mol. The molecule has 1 aliphatic heterocycles. The molecule has 1 aromatic rings. The molecule has 1 saturated heterocycles. The minimum Gasteiger partial charge on any atom is -0.336 e. The summed E-state index contributed by atoms with van der Waals surface area (Å²) in [6.07, 6.45) is 4.39. The first kappa shape index (κ1) is 20.1. The summed E-state index contributed by atoms with van der Waals surface area (Å²) in [7, 11) is 0. The molecule has 0 unspecified atom stereocenters. The maximum absolute atomic E-state index is 12.2. The van der Waals surface area contributed by atoms with Gasteiger partial charge in [0.2, 0.25) is 0 Å². The van der Waals surface area contributed by atoms with E-state index in [9.17, 15) is 9.59 Å². The quantitative estimate of drug-likeness (QED) is 0.532. The Labute approximate surface area is 156 Å². The summed E-state index contributed by atoms with van der Waals surface area (Å²) in [5, 5.41) is 5.13. The fourth-order valence-electron chi connectivity index (χ4n) is 3.19. The highest BCUT2D eigenvalue weighted by molar-refractivity contribution is 5.96. The zero-order chi connectivity index (χ0) is 18.9. The van der Waals surface area contributed by atoms with E-state index in [0.717, 1.165) is 32.7 Å². The lowest BCUT2D eigenvalue weighted by molar-refractivity contribution is -1.02. The number of carbonyl (C=O) groups is 2. The van der Waals surface area contributed by atoms with Crippen LogP contribution in [0.25, 0.3) is 6.08 Å². The number of carbonyl (C=O) groups excluding carboxylic acids is 2. The fraction of sp³-hybridized carbons (Fsp3) is 0.500. The van der Waals surface area contributed by atoms with Gasteiger partial charge in [-0.05, 0) is 32.4 Å². The van der Waals surface area contributed by atoms with Crippen molar-refractivity contribution in [1.82, 2.24) is 10.6 Å². The number of piperazine rings is 1. The van der Waals surface area contributed by atoms with Crippen LogP contribution in [0.15, 0.2) is 36.4 Å². The van der Waals surface area contributed by atoms with Gasteiger partial charge in [0, 0.05) is 6.04 Å². The van der Waals surface area contributed by atoms with Crippen LogP contribution in [0.5, 0.6) is 0 Å². The van der Waals surface area contributed by atoms with Crippen molar-refractivity contribution in [3.8, 4) is 0 Å². The van der Waals surface area contributed by atoms with E-state index in [1.807, 2.05) is 39.0 Å². The number of imide groups is 1. The van der Waals surface area contributed by atoms with Crippen LogP contribution in [0.2, 0.25) is 0 Å². The number of benzene rings is 1. The summed E-state index contributed by atoms with van der Waals surface area (Å²) in [6, 6.07) is 9.70. The molecule has 0 bridgehead atoms. The monoisotopic (exact) mass is 360 g/mol. The number of amides is 3.